The minimum Gasteiger partial charge on any atom is -0.308 e. The van der Waals surface area contributed by atoms with Gasteiger partial charge in [0.15, 0.2) is 0 Å². The molecule has 0 amide bonds. The van der Waals surface area contributed by atoms with E-state index in [2.05, 4.69) is 5.32 Å². The maximum atomic E-state index is 13.1. The Morgan fingerprint density at radius 1 is 1.23 bits per heavy atom. The molecule has 0 unspecified atom stereocenters. The molecular weight excluding hydrogens is 165 g/mol. The predicted octanol–water partition coefficient (Wildman–Crippen LogP) is 2.76. The van der Waals surface area contributed by atoms with Gasteiger partial charge in [0, 0.05) is 18.7 Å². The van der Waals surface area contributed by atoms with E-state index in [1.165, 1.54) is 0 Å². The van der Waals surface area contributed by atoms with Crippen molar-refractivity contribution >= 4 is 0 Å². The van der Waals surface area contributed by atoms with Gasteiger partial charge in [0.1, 0.15) is 5.82 Å². The van der Waals surface area contributed by atoms with Crippen LogP contribution in [0.4, 0.5) is 4.39 Å². The highest BCUT2D eigenvalue weighted by atomic mass is 19.1. The number of rotatable bonds is 0. The molecule has 0 fully saturated rings. The Bertz CT molecular complexity index is 294. The van der Waals surface area contributed by atoms with Crippen molar-refractivity contribution in [3.05, 3.63) is 34.6 Å². The van der Waals surface area contributed by atoms with E-state index in [0.717, 1.165) is 23.2 Å². The molecule has 13 heavy (non-hydrogen) atoms. The van der Waals surface area contributed by atoms with Gasteiger partial charge in [-0.2, -0.15) is 0 Å². The molecule has 0 aliphatic carbocycles. The number of halogens is 1. The molecule has 72 valence electrons. The molecule has 0 saturated carbocycles. The van der Waals surface area contributed by atoms with E-state index in [1.807, 2.05) is 26.8 Å². The second-order valence-electron chi connectivity index (χ2n) is 2.99. The molecule has 1 aromatic rings. The maximum Gasteiger partial charge on any atom is 0.128 e. The average Bonchev–Trinajstić information content (AvgIpc) is 2.55. The average molecular weight is 181 g/mol. The Labute approximate surface area is 79.0 Å². The zero-order valence-electron chi connectivity index (χ0n) is 8.45. The summed E-state index contributed by atoms with van der Waals surface area (Å²) >= 11 is 0. The van der Waals surface area contributed by atoms with Crippen molar-refractivity contribution in [3.63, 3.8) is 0 Å². The topological polar surface area (TPSA) is 12.0 Å². The quantitative estimate of drug-likeness (QED) is 0.649. The van der Waals surface area contributed by atoms with E-state index < -0.39 is 0 Å². The van der Waals surface area contributed by atoms with Crippen molar-refractivity contribution in [1.82, 2.24) is 5.32 Å². The number of benzene rings is 1. The van der Waals surface area contributed by atoms with Crippen LogP contribution in [0, 0.1) is 12.7 Å². The van der Waals surface area contributed by atoms with E-state index in [4.69, 9.17) is 0 Å². The van der Waals surface area contributed by atoms with E-state index in [-0.39, 0.29) is 5.82 Å². The summed E-state index contributed by atoms with van der Waals surface area (Å²) in [5.41, 5.74) is 2.96. The van der Waals surface area contributed by atoms with Crippen LogP contribution >= 0.6 is 0 Å². The zero-order valence-corrected chi connectivity index (χ0v) is 8.45. The predicted molar refractivity (Wildman–Crippen MR) is 53.0 cm³/mol. The lowest BCUT2D eigenvalue weighted by Gasteiger charge is -2.00. The molecular formula is C11H16FN. The fourth-order valence-electron chi connectivity index (χ4n) is 1.52. The number of aryl methyl sites for hydroxylation is 1. The lowest BCUT2D eigenvalue weighted by Crippen LogP contribution is -2.00. The summed E-state index contributed by atoms with van der Waals surface area (Å²) in [7, 11) is 0. The van der Waals surface area contributed by atoms with E-state index >= 15 is 0 Å². The Morgan fingerprint density at radius 2 is 1.92 bits per heavy atom. The molecule has 0 spiro atoms. The van der Waals surface area contributed by atoms with Crippen molar-refractivity contribution in [2.45, 2.75) is 33.9 Å². The number of nitrogens with one attached hydrogen (secondary N) is 1. The van der Waals surface area contributed by atoms with Crippen LogP contribution in [0.2, 0.25) is 0 Å². The zero-order chi connectivity index (χ0) is 9.84. The van der Waals surface area contributed by atoms with Crippen molar-refractivity contribution in [2.24, 2.45) is 0 Å². The highest BCUT2D eigenvalue weighted by Crippen LogP contribution is 2.20. The van der Waals surface area contributed by atoms with Gasteiger partial charge in [-0.3, -0.25) is 0 Å². The smallest absolute Gasteiger partial charge is 0.128 e. The van der Waals surface area contributed by atoms with E-state index in [0.29, 0.717) is 6.54 Å². The molecule has 0 radical (unpaired) electrons. The van der Waals surface area contributed by atoms with Crippen molar-refractivity contribution in [3.8, 4) is 0 Å². The van der Waals surface area contributed by atoms with Crippen LogP contribution in [0.3, 0.4) is 0 Å². The van der Waals surface area contributed by atoms with Crippen LogP contribution in [-0.2, 0) is 13.1 Å². The molecule has 1 N–H and O–H groups in total. The lowest BCUT2D eigenvalue weighted by atomic mass is 10.1. The minimum atomic E-state index is -0.0648. The van der Waals surface area contributed by atoms with Crippen molar-refractivity contribution < 1.29 is 4.39 Å². The number of fused-ring (bicyclic) bond motifs is 1. The molecule has 2 rings (SSSR count). The van der Waals surface area contributed by atoms with Gasteiger partial charge in [-0.15, -0.1) is 0 Å². The number of hydrogen-bond acceptors (Lipinski definition) is 1. The Balaban J connectivity index is 0.000000396. The fraction of sp³-hybridized carbons (Fsp3) is 0.455. The first-order valence-electron chi connectivity index (χ1n) is 4.76. The molecule has 0 atom stereocenters. The third kappa shape index (κ3) is 2.07. The first-order valence-corrected chi connectivity index (χ1v) is 4.76. The van der Waals surface area contributed by atoms with E-state index in [1.54, 1.807) is 6.07 Å². The minimum absolute atomic E-state index is 0.0648. The van der Waals surface area contributed by atoms with Crippen LogP contribution in [0.5, 0.6) is 0 Å². The largest absolute Gasteiger partial charge is 0.308 e. The lowest BCUT2D eigenvalue weighted by molar-refractivity contribution is 0.607. The monoisotopic (exact) mass is 181 g/mol. The third-order valence-corrected chi connectivity index (χ3v) is 2.05. The molecule has 1 aliphatic heterocycles. The van der Waals surface area contributed by atoms with Gasteiger partial charge in [0.25, 0.3) is 0 Å². The van der Waals surface area contributed by atoms with Crippen molar-refractivity contribution in [1.29, 1.82) is 0 Å². The van der Waals surface area contributed by atoms with Gasteiger partial charge in [-0.1, -0.05) is 19.9 Å². The first kappa shape index (κ1) is 10.2. The highest BCUT2D eigenvalue weighted by Gasteiger charge is 2.14. The van der Waals surface area contributed by atoms with Crippen LogP contribution in [-0.4, -0.2) is 0 Å². The van der Waals surface area contributed by atoms with Gasteiger partial charge in [-0.25, -0.2) is 4.39 Å². The molecule has 0 saturated heterocycles. The molecule has 1 heterocycles. The maximum absolute atomic E-state index is 13.1. The van der Waals surface area contributed by atoms with Gasteiger partial charge < -0.3 is 5.32 Å². The third-order valence-electron chi connectivity index (χ3n) is 2.05. The van der Waals surface area contributed by atoms with Gasteiger partial charge in [0.2, 0.25) is 0 Å². The van der Waals surface area contributed by atoms with Gasteiger partial charge >= 0.3 is 0 Å². The van der Waals surface area contributed by atoms with Crippen LogP contribution in [0.25, 0.3) is 0 Å². The Kier molecular flexibility index (Phi) is 3.43. The number of hydrogen-bond donors (Lipinski definition) is 1. The van der Waals surface area contributed by atoms with Gasteiger partial charge in [0.05, 0.1) is 0 Å². The van der Waals surface area contributed by atoms with Crippen LogP contribution in [0.1, 0.15) is 30.5 Å². The summed E-state index contributed by atoms with van der Waals surface area (Å²) in [5, 5.41) is 3.12. The molecule has 2 heteroatoms. The Hall–Kier alpha value is -0.890. The SMILES string of the molecule is CC.Cc1cc(F)c2c(c1)CNC2. The van der Waals surface area contributed by atoms with Crippen LogP contribution < -0.4 is 5.32 Å². The molecule has 0 bridgehead atoms. The molecule has 1 aliphatic rings. The first-order chi connectivity index (χ1) is 6.27. The van der Waals surface area contributed by atoms with E-state index in [9.17, 15) is 4.39 Å². The Morgan fingerprint density at radius 3 is 2.62 bits per heavy atom. The second kappa shape index (κ2) is 4.38. The summed E-state index contributed by atoms with van der Waals surface area (Å²) in [4.78, 5) is 0. The van der Waals surface area contributed by atoms with Crippen LogP contribution in [0.15, 0.2) is 12.1 Å². The molecule has 1 nitrogen and oxygen atoms in total. The summed E-state index contributed by atoms with van der Waals surface area (Å²) in [6.45, 7) is 7.41. The summed E-state index contributed by atoms with van der Waals surface area (Å²) in [6.07, 6.45) is 0. The fourth-order valence-corrected chi connectivity index (χ4v) is 1.52. The van der Waals surface area contributed by atoms with Gasteiger partial charge in [-0.05, 0) is 24.1 Å². The standard InChI is InChI=1S/C9H10FN.C2H6/c1-6-2-7-4-11-5-8(7)9(10)3-6;1-2/h2-3,11H,4-5H2,1H3;1-2H3. The summed E-state index contributed by atoms with van der Waals surface area (Å²) in [5.74, 6) is -0.0648. The van der Waals surface area contributed by atoms with Crippen molar-refractivity contribution in [2.75, 3.05) is 0 Å². The second-order valence-corrected chi connectivity index (χ2v) is 2.99. The molecule has 1 aromatic carbocycles. The summed E-state index contributed by atoms with van der Waals surface area (Å²) in [6, 6.07) is 3.63. The molecule has 0 aromatic heterocycles. The normalized spacial score (nSPS) is 13.2. The summed E-state index contributed by atoms with van der Waals surface area (Å²) < 4.78 is 13.1. The highest BCUT2D eigenvalue weighted by molar-refractivity contribution is 5.35.